The van der Waals surface area contributed by atoms with Crippen molar-refractivity contribution in [2.75, 3.05) is 40.1 Å². The van der Waals surface area contributed by atoms with E-state index in [9.17, 15) is 4.79 Å². The lowest BCUT2D eigenvalue weighted by atomic mass is 9.90. The molecule has 18 heavy (non-hydrogen) atoms. The predicted octanol–water partition coefficient (Wildman–Crippen LogP) is 1.05. The smallest absolute Gasteiger partial charge is 0.166 e. The summed E-state index contributed by atoms with van der Waals surface area (Å²) in [4.78, 5) is 11.3. The highest BCUT2D eigenvalue weighted by Gasteiger charge is 2.41. The lowest BCUT2D eigenvalue weighted by Gasteiger charge is -2.34. The number of carbonyl (C=O) groups excluding carboxylic acids is 1. The van der Waals surface area contributed by atoms with E-state index in [1.54, 1.807) is 7.11 Å². The molecule has 5 nitrogen and oxygen atoms in total. The Kier molecular flexibility index (Phi) is 7.42. The third kappa shape index (κ3) is 5.44. The van der Waals surface area contributed by atoms with Crippen LogP contribution in [-0.2, 0) is 23.7 Å². The van der Waals surface area contributed by atoms with Crippen molar-refractivity contribution in [1.82, 2.24) is 0 Å². The van der Waals surface area contributed by atoms with Crippen LogP contribution in [0.4, 0.5) is 0 Å². The molecule has 0 spiro atoms. The van der Waals surface area contributed by atoms with Gasteiger partial charge in [-0.3, -0.25) is 4.79 Å². The Morgan fingerprint density at radius 1 is 1.17 bits per heavy atom. The number of carbonyl (C=O) groups is 1. The molecule has 0 amide bonds. The van der Waals surface area contributed by atoms with E-state index < -0.39 is 6.10 Å². The molecule has 2 unspecified atom stereocenters. The monoisotopic (exact) mass is 260 g/mol. The maximum Gasteiger partial charge on any atom is 0.166 e. The number of ketones is 1. The predicted molar refractivity (Wildman–Crippen MR) is 66.6 cm³/mol. The summed E-state index contributed by atoms with van der Waals surface area (Å²) >= 11 is 0. The highest BCUT2D eigenvalue weighted by atomic mass is 16.6. The van der Waals surface area contributed by atoms with E-state index in [0.29, 0.717) is 38.8 Å². The summed E-state index contributed by atoms with van der Waals surface area (Å²) in [6.07, 6.45) is -0.0794. The molecule has 1 aliphatic rings. The maximum absolute atomic E-state index is 11.3. The second kappa shape index (κ2) is 8.58. The van der Waals surface area contributed by atoms with E-state index in [1.165, 1.54) is 0 Å². The third-order valence-electron chi connectivity index (χ3n) is 2.65. The molecule has 106 valence electrons. The van der Waals surface area contributed by atoms with Crippen LogP contribution < -0.4 is 0 Å². The average molecular weight is 260 g/mol. The first kappa shape index (κ1) is 15.6. The number of rotatable bonds is 10. The van der Waals surface area contributed by atoms with Crippen molar-refractivity contribution in [2.45, 2.75) is 32.5 Å². The Hall–Kier alpha value is -0.490. The summed E-state index contributed by atoms with van der Waals surface area (Å²) in [5, 5.41) is 0. The Morgan fingerprint density at radius 2 is 1.89 bits per heavy atom. The summed E-state index contributed by atoms with van der Waals surface area (Å²) in [7, 11) is 1.60. The maximum atomic E-state index is 11.3. The first-order valence-corrected chi connectivity index (χ1v) is 6.47. The van der Waals surface area contributed by atoms with Gasteiger partial charge in [-0.1, -0.05) is 13.8 Å². The SMILES string of the molecule is COCCOC1C(=O)CC1OCCOCC(C)C. The number of methoxy groups -OCH3 is 1. The number of hydrogen-bond acceptors (Lipinski definition) is 5. The fourth-order valence-electron chi connectivity index (χ4n) is 1.65. The molecule has 0 aliphatic heterocycles. The lowest BCUT2D eigenvalue weighted by molar-refractivity contribution is -0.169. The van der Waals surface area contributed by atoms with Gasteiger partial charge in [-0.2, -0.15) is 0 Å². The van der Waals surface area contributed by atoms with Crippen LogP contribution in [0.1, 0.15) is 20.3 Å². The molecule has 1 aliphatic carbocycles. The van der Waals surface area contributed by atoms with Crippen LogP contribution in [-0.4, -0.2) is 58.1 Å². The quantitative estimate of drug-likeness (QED) is 0.550. The van der Waals surface area contributed by atoms with Crippen molar-refractivity contribution in [2.24, 2.45) is 5.92 Å². The second-order valence-electron chi connectivity index (χ2n) is 4.83. The summed E-state index contributed by atoms with van der Waals surface area (Å²) in [5.74, 6) is 0.639. The summed E-state index contributed by atoms with van der Waals surface area (Å²) in [6.45, 7) is 6.93. The minimum Gasteiger partial charge on any atom is -0.382 e. The number of hydrogen-bond donors (Lipinski definition) is 0. The van der Waals surface area contributed by atoms with Gasteiger partial charge in [-0.05, 0) is 5.92 Å². The molecular formula is C13H24O5. The second-order valence-corrected chi connectivity index (χ2v) is 4.83. The van der Waals surface area contributed by atoms with E-state index in [1.807, 2.05) is 0 Å². The summed E-state index contributed by atoms with van der Waals surface area (Å²) in [6, 6.07) is 0. The standard InChI is InChI=1S/C13H24O5/c1-10(2)9-16-5-7-17-12-8-11(14)13(12)18-6-4-15-3/h10,12-13H,4-9H2,1-3H3. The fraction of sp³-hybridized carbons (Fsp3) is 0.923. The van der Waals surface area contributed by atoms with Crippen molar-refractivity contribution in [3.8, 4) is 0 Å². The van der Waals surface area contributed by atoms with Crippen molar-refractivity contribution in [1.29, 1.82) is 0 Å². The molecule has 2 atom stereocenters. The molecule has 0 aromatic heterocycles. The zero-order chi connectivity index (χ0) is 13.4. The van der Waals surface area contributed by atoms with Gasteiger partial charge in [-0.25, -0.2) is 0 Å². The number of Topliss-reactive ketones (excluding diaryl/α,β-unsaturated/α-hetero) is 1. The molecule has 0 bridgehead atoms. The Labute approximate surface area is 109 Å². The number of ether oxygens (including phenoxy) is 4. The van der Waals surface area contributed by atoms with Crippen LogP contribution in [0.2, 0.25) is 0 Å². The average Bonchev–Trinajstić information content (AvgIpc) is 2.32. The van der Waals surface area contributed by atoms with Gasteiger partial charge >= 0.3 is 0 Å². The topological polar surface area (TPSA) is 54.0 Å². The summed E-state index contributed by atoms with van der Waals surface area (Å²) < 4.78 is 21.2. The zero-order valence-corrected chi connectivity index (χ0v) is 11.5. The molecule has 1 fully saturated rings. The van der Waals surface area contributed by atoms with Crippen LogP contribution in [0, 0.1) is 5.92 Å². The lowest BCUT2D eigenvalue weighted by Crippen LogP contribution is -2.51. The van der Waals surface area contributed by atoms with Crippen LogP contribution in [0.3, 0.4) is 0 Å². The molecule has 0 aromatic rings. The minimum atomic E-state index is -0.412. The van der Waals surface area contributed by atoms with Gasteiger partial charge in [0, 0.05) is 20.1 Å². The van der Waals surface area contributed by atoms with E-state index >= 15 is 0 Å². The first-order chi connectivity index (χ1) is 8.65. The van der Waals surface area contributed by atoms with Gasteiger partial charge in [-0.15, -0.1) is 0 Å². The van der Waals surface area contributed by atoms with Crippen molar-refractivity contribution < 1.29 is 23.7 Å². The third-order valence-corrected chi connectivity index (χ3v) is 2.65. The van der Waals surface area contributed by atoms with Gasteiger partial charge in [0.05, 0.1) is 32.5 Å². The van der Waals surface area contributed by atoms with Crippen molar-refractivity contribution in [3.63, 3.8) is 0 Å². The van der Waals surface area contributed by atoms with Crippen LogP contribution in [0.25, 0.3) is 0 Å². The van der Waals surface area contributed by atoms with Gasteiger partial charge in [0.1, 0.15) is 6.10 Å². The molecule has 0 saturated heterocycles. The fourth-order valence-corrected chi connectivity index (χ4v) is 1.65. The van der Waals surface area contributed by atoms with Crippen molar-refractivity contribution in [3.05, 3.63) is 0 Å². The molecule has 0 N–H and O–H groups in total. The largest absolute Gasteiger partial charge is 0.382 e. The molecule has 5 heteroatoms. The van der Waals surface area contributed by atoms with Gasteiger partial charge in [0.25, 0.3) is 0 Å². The molecule has 0 radical (unpaired) electrons. The zero-order valence-electron chi connectivity index (χ0n) is 11.5. The van der Waals surface area contributed by atoms with Gasteiger partial charge in [0.2, 0.25) is 0 Å². The highest BCUT2D eigenvalue weighted by Crippen LogP contribution is 2.22. The molecule has 1 saturated carbocycles. The molecule has 0 heterocycles. The van der Waals surface area contributed by atoms with Gasteiger partial charge in [0.15, 0.2) is 5.78 Å². The molecular weight excluding hydrogens is 236 g/mol. The summed E-state index contributed by atoms with van der Waals surface area (Å²) in [5.41, 5.74) is 0. The van der Waals surface area contributed by atoms with Crippen molar-refractivity contribution >= 4 is 5.78 Å². The van der Waals surface area contributed by atoms with Crippen LogP contribution in [0.15, 0.2) is 0 Å². The van der Waals surface area contributed by atoms with E-state index in [4.69, 9.17) is 18.9 Å². The Morgan fingerprint density at radius 3 is 2.50 bits per heavy atom. The van der Waals surface area contributed by atoms with E-state index in [-0.39, 0.29) is 11.9 Å². The van der Waals surface area contributed by atoms with Gasteiger partial charge < -0.3 is 18.9 Å². The Balaban J connectivity index is 2.05. The first-order valence-electron chi connectivity index (χ1n) is 6.47. The minimum absolute atomic E-state index is 0.110. The van der Waals surface area contributed by atoms with Crippen LogP contribution >= 0.6 is 0 Å². The normalized spacial score (nSPS) is 23.4. The van der Waals surface area contributed by atoms with Crippen LogP contribution in [0.5, 0.6) is 0 Å². The molecule has 0 aromatic carbocycles. The highest BCUT2D eigenvalue weighted by molar-refractivity contribution is 5.90. The van der Waals surface area contributed by atoms with E-state index in [0.717, 1.165) is 6.61 Å². The Bertz CT molecular complexity index is 242. The molecule has 1 rings (SSSR count). The van der Waals surface area contributed by atoms with E-state index in [2.05, 4.69) is 13.8 Å².